The van der Waals surface area contributed by atoms with E-state index in [9.17, 15) is 4.79 Å². The first kappa shape index (κ1) is 15.6. The fourth-order valence-corrected chi connectivity index (χ4v) is 2.09. The molecule has 1 atom stereocenters. The highest BCUT2D eigenvalue weighted by atomic mass is 16.5. The van der Waals surface area contributed by atoms with Crippen molar-refractivity contribution in [3.63, 3.8) is 0 Å². The molecule has 1 unspecified atom stereocenters. The lowest BCUT2D eigenvalue weighted by Gasteiger charge is -2.12. The maximum absolute atomic E-state index is 11.8. The van der Waals surface area contributed by atoms with E-state index in [0.717, 1.165) is 19.4 Å². The predicted octanol–water partition coefficient (Wildman–Crippen LogP) is 2.01. The summed E-state index contributed by atoms with van der Waals surface area (Å²) in [5.74, 6) is 0.698. The summed E-state index contributed by atoms with van der Waals surface area (Å²) in [7, 11) is 1.62. The molecule has 116 valence electrons. The number of carbonyl (C=O) groups excluding carboxylic acids is 1. The van der Waals surface area contributed by atoms with Gasteiger partial charge in [0, 0.05) is 32.0 Å². The van der Waals surface area contributed by atoms with Gasteiger partial charge in [0.1, 0.15) is 12.4 Å². The Labute approximate surface area is 124 Å². The van der Waals surface area contributed by atoms with Crippen LogP contribution in [0.15, 0.2) is 24.3 Å². The number of rotatable bonds is 7. The second kappa shape index (κ2) is 8.49. The van der Waals surface area contributed by atoms with E-state index in [4.69, 9.17) is 14.2 Å². The van der Waals surface area contributed by atoms with E-state index in [1.807, 2.05) is 18.2 Å². The largest absolute Gasteiger partial charge is 0.491 e. The minimum atomic E-state index is -0.237. The summed E-state index contributed by atoms with van der Waals surface area (Å²) >= 11 is 0. The maximum atomic E-state index is 11.8. The van der Waals surface area contributed by atoms with E-state index < -0.39 is 0 Å². The van der Waals surface area contributed by atoms with Gasteiger partial charge in [0.25, 0.3) is 0 Å². The summed E-state index contributed by atoms with van der Waals surface area (Å²) in [4.78, 5) is 11.8. The molecule has 1 aromatic carbocycles. The Morgan fingerprint density at radius 3 is 3.10 bits per heavy atom. The molecule has 6 nitrogen and oxygen atoms in total. The van der Waals surface area contributed by atoms with Crippen LogP contribution in [0, 0.1) is 0 Å². The van der Waals surface area contributed by atoms with Crippen LogP contribution in [0.5, 0.6) is 5.75 Å². The zero-order chi connectivity index (χ0) is 14.9. The van der Waals surface area contributed by atoms with E-state index in [1.165, 1.54) is 0 Å². The molecule has 1 heterocycles. The summed E-state index contributed by atoms with van der Waals surface area (Å²) in [6.45, 7) is 2.33. The Kier molecular flexibility index (Phi) is 6.30. The molecule has 21 heavy (non-hydrogen) atoms. The molecule has 1 fully saturated rings. The SMILES string of the molecule is COCCOc1cccc(NC(=O)NCC2CCCO2)c1. The molecule has 0 aromatic heterocycles. The third-order valence-corrected chi connectivity index (χ3v) is 3.16. The van der Waals surface area contributed by atoms with Crippen molar-refractivity contribution in [3.8, 4) is 5.75 Å². The summed E-state index contributed by atoms with van der Waals surface area (Å²) in [6.07, 6.45) is 2.21. The Morgan fingerprint density at radius 2 is 2.33 bits per heavy atom. The molecule has 0 aliphatic carbocycles. The average molecular weight is 294 g/mol. The zero-order valence-electron chi connectivity index (χ0n) is 12.3. The van der Waals surface area contributed by atoms with Crippen molar-refractivity contribution in [2.45, 2.75) is 18.9 Å². The first-order chi connectivity index (χ1) is 10.3. The minimum Gasteiger partial charge on any atom is -0.491 e. The van der Waals surface area contributed by atoms with Crippen molar-refractivity contribution >= 4 is 11.7 Å². The van der Waals surface area contributed by atoms with Gasteiger partial charge in [-0.05, 0) is 25.0 Å². The Morgan fingerprint density at radius 1 is 1.43 bits per heavy atom. The van der Waals surface area contributed by atoms with E-state index in [1.54, 1.807) is 13.2 Å². The van der Waals surface area contributed by atoms with E-state index >= 15 is 0 Å². The Balaban J connectivity index is 1.75. The van der Waals surface area contributed by atoms with Gasteiger partial charge in [0.2, 0.25) is 0 Å². The van der Waals surface area contributed by atoms with Crippen molar-refractivity contribution < 1.29 is 19.0 Å². The molecule has 1 aromatic rings. The smallest absolute Gasteiger partial charge is 0.319 e. The molecule has 0 radical (unpaired) electrons. The van der Waals surface area contributed by atoms with Crippen molar-refractivity contribution in [1.29, 1.82) is 0 Å². The van der Waals surface area contributed by atoms with Gasteiger partial charge in [-0.25, -0.2) is 4.79 Å². The second-order valence-electron chi connectivity index (χ2n) is 4.84. The molecule has 0 bridgehead atoms. The summed E-state index contributed by atoms with van der Waals surface area (Å²) in [5.41, 5.74) is 0.690. The third-order valence-electron chi connectivity index (χ3n) is 3.16. The number of hydrogen-bond donors (Lipinski definition) is 2. The monoisotopic (exact) mass is 294 g/mol. The lowest BCUT2D eigenvalue weighted by molar-refractivity contribution is 0.112. The summed E-state index contributed by atoms with van der Waals surface area (Å²) < 4.78 is 15.9. The fraction of sp³-hybridized carbons (Fsp3) is 0.533. The molecular weight excluding hydrogens is 272 g/mol. The van der Waals surface area contributed by atoms with Crippen molar-refractivity contribution in [1.82, 2.24) is 5.32 Å². The molecule has 1 saturated heterocycles. The quantitative estimate of drug-likeness (QED) is 0.755. The van der Waals surface area contributed by atoms with E-state index in [-0.39, 0.29) is 12.1 Å². The first-order valence-corrected chi connectivity index (χ1v) is 7.16. The van der Waals surface area contributed by atoms with Crippen molar-refractivity contribution in [2.24, 2.45) is 0 Å². The highest BCUT2D eigenvalue weighted by molar-refractivity contribution is 5.89. The van der Waals surface area contributed by atoms with E-state index in [0.29, 0.717) is 31.2 Å². The summed E-state index contributed by atoms with van der Waals surface area (Å²) in [5, 5.41) is 5.59. The molecule has 1 aliphatic heterocycles. The molecule has 2 N–H and O–H groups in total. The number of amides is 2. The minimum absolute atomic E-state index is 0.138. The number of benzene rings is 1. The van der Waals surface area contributed by atoms with Crippen molar-refractivity contribution in [3.05, 3.63) is 24.3 Å². The number of anilines is 1. The van der Waals surface area contributed by atoms with Gasteiger partial charge < -0.3 is 24.8 Å². The highest BCUT2D eigenvalue weighted by Gasteiger charge is 2.16. The van der Waals surface area contributed by atoms with Crippen LogP contribution >= 0.6 is 0 Å². The molecule has 2 rings (SSSR count). The van der Waals surface area contributed by atoms with Crippen molar-refractivity contribution in [2.75, 3.05) is 38.8 Å². The van der Waals surface area contributed by atoms with Crippen LogP contribution in [0.4, 0.5) is 10.5 Å². The van der Waals surface area contributed by atoms with Gasteiger partial charge >= 0.3 is 6.03 Å². The first-order valence-electron chi connectivity index (χ1n) is 7.16. The van der Waals surface area contributed by atoms with Crippen LogP contribution in [0.25, 0.3) is 0 Å². The standard InChI is InChI=1S/C15H22N2O4/c1-19-8-9-21-13-5-2-4-12(10-13)17-15(18)16-11-14-6-3-7-20-14/h2,4-5,10,14H,3,6-9,11H2,1H3,(H2,16,17,18). The molecule has 2 amide bonds. The number of ether oxygens (including phenoxy) is 3. The fourth-order valence-electron chi connectivity index (χ4n) is 2.09. The Hall–Kier alpha value is -1.79. The number of methoxy groups -OCH3 is 1. The molecule has 6 heteroatoms. The number of nitrogens with one attached hydrogen (secondary N) is 2. The maximum Gasteiger partial charge on any atom is 0.319 e. The molecule has 0 saturated carbocycles. The van der Waals surface area contributed by atoms with Crippen LogP contribution in [0.2, 0.25) is 0 Å². The van der Waals surface area contributed by atoms with Gasteiger partial charge in [-0.3, -0.25) is 0 Å². The second-order valence-corrected chi connectivity index (χ2v) is 4.84. The highest BCUT2D eigenvalue weighted by Crippen LogP contribution is 2.17. The number of carbonyl (C=O) groups is 1. The lowest BCUT2D eigenvalue weighted by Crippen LogP contribution is -2.35. The number of hydrogen-bond acceptors (Lipinski definition) is 4. The molecule has 0 spiro atoms. The summed E-state index contributed by atoms with van der Waals surface area (Å²) in [6, 6.07) is 7.03. The average Bonchev–Trinajstić information content (AvgIpc) is 2.99. The van der Waals surface area contributed by atoms with Gasteiger partial charge in [0.15, 0.2) is 0 Å². The van der Waals surface area contributed by atoms with Crippen LogP contribution in [0.1, 0.15) is 12.8 Å². The Bertz CT molecular complexity index is 447. The predicted molar refractivity (Wildman–Crippen MR) is 79.8 cm³/mol. The van der Waals surface area contributed by atoms with Gasteiger partial charge in [-0.2, -0.15) is 0 Å². The van der Waals surface area contributed by atoms with Gasteiger partial charge in [-0.1, -0.05) is 6.07 Å². The van der Waals surface area contributed by atoms with Gasteiger partial charge in [0.05, 0.1) is 12.7 Å². The number of urea groups is 1. The lowest BCUT2D eigenvalue weighted by atomic mass is 10.2. The topological polar surface area (TPSA) is 68.8 Å². The van der Waals surface area contributed by atoms with Crippen LogP contribution < -0.4 is 15.4 Å². The normalized spacial score (nSPS) is 17.5. The van der Waals surface area contributed by atoms with Crippen LogP contribution in [0.3, 0.4) is 0 Å². The van der Waals surface area contributed by atoms with Crippen LogP contribution in [-0.2, 0) is 9.47 Å². The third kappa shape index (κ3) is 5.61. The van der Waals surface area contributed by atoms with E-state index in [2.05, 4.69) is 10.6 Å². The molecule has 1 aliphatic rings. The van der Waals surface area contributed by atoms with Crippen LogP contribution in [-0.4, -0.2) is 45.6 Å². The van der Waals surface area contributed by atoms with Gasteiger partial charge in [-0.15, -0.1) is 0 Å². The molecular formula is C15H22N2O4. The zero-order valence-corrected chi connectivity index (χ0v) is 12.3.